The Morgan fingerprint density at radius 3 is 1.94 bits per heavy atom. The minimum Gasteiger partial charge on any atom is -0.691 e. The zero-order chi connectivity index (χ0) is 24.1. The largest absolute Gasteiger partial charge is 1.00 e. The van der Waals surface area contributed by atoms with Crippen LogP contribution in [0.15, 0.2) is 0 Å². The molecule has 0 aromatic carbocycles. The smallest absolute Gasteiger partial charge is 0.691 e. The van der Waals surface area contributed by atoms with Gasteiger partial charge in [0.15, 0.2) is 0 Å². The summed E-state index contributed by atoms with van der Waals surface area (Å²) in [6.07, 6.45) is -8.60. The van der Waals surface area contributed by atoms with Gasteiger partial charge in [-0.25, -0.2) is 4.39 Å². The van der Waals surface area contributed by atoms with Crippen LogP contribution in [0, 0.1) is 0 Å². The summed E-state index contributed by atoms with van der Waals surface area (Å²) in [5.41, 5.74) is -5.83. The van der Waals surface area contributed by atoms with Crippen molar-refractivity contribution in [2.24, 2.45) is 0 Å². The van der Waals surface area contributed by atoms with Gasteiger partial charge in [-0.05, 0) is 6.42 Å². The van der Waals surface area contributed by atoms with Gasteiger partial charge in [0.2, 0.25) is 0 Å². The molecule has 0 amide bonds. The molecule has 0 radical (unpaired) electrons. The van der Waals surface area contributed by atoms with Gasteiger partial charge in [0.25, 0.3) is 0 Å². The van der Waals surface area contributed by atoms with Crippen LogP contribution in [0.3, 0.4) is 0 Å². The second-order valence-corrected chi connectivity index (χ2v) is 7.22. The van der Waals surface area contributed by atoms with Crippen molar-refractivity contribution < 1.29 is 94.0 Å². The molecule has 0 bridgehead atoms. The third-order valence-electron chi connectivity index (χ3n) is 3.87. The fourth-order valence-electron chi connectivity index (χ4n) is 2.09. The van der Waals surface area contributed by atoms with E-state index >= 15 is 0 Å². The Hall–Kier alpha value is -0.320. The van der Waals surface area contributed by atoms with E-state index in [1.165, 1.54) is 0 Å². The van der Waals surface area contributed by atoms with Gasteiger partial charge in [0.05, 0.1) is 13.0 Å². The Morgan fingerprint density at radius 1 is 0.906 bits per heavy atom. The first-order valence-electron chi connectivity index (χ1n) is 9.06. The molecule has 0 aliphatic carbocycles. The quantitative estimate of drug-likeness (QED) is 0.0606. The first kappa shape index (κ1) is 33.9. The van der Waals surface area contributed by atoms with Crippen LogP contribution in [-0.4, -0.2) is 48.4 Å². The van der Waals surface area contributed by atoms with Gasteiger partial charge in [-0.1, -0.05) is 39.0 Å². The Balaban J connectivity index is 0. The number of esters is 2. The molecule has 0 fully saturated rings. The summed E-state index contributed by atoms with van der Waals surface area (Å²) in [5, 5.41) is 10.8. The maximum atomic E-state index is 13.5. The van der Waals surface area contributed by atoms with Crippen molar-refractivity contribution in [3.63, 3.8) is 0 Å². The molecule has 1 unspecified atom stereocenters. The number of hydrogen-bond acceptors (Lipinski definition) is 8. The number of halogens is 7. The van der Waals surface area contributed by atoms with E-state index in [1.54, 1.807) is 0 Å². The summed E-state index contributed by atoms with van der Waals surface area (Å²) in [6.45, 7) is -0.768. The third-order valence-corrected chi connectivity index (χ3v) is 4.60. The monoisotopic (exact) mass is 514 g/mol. The van der Waals surface area contributed by atoms with Crippen molar-refractivity contribution >= 4 is 24.0 Å². The van der Waals surface area contributed by atoms with Crippen molar-refractivity contribution in [1.29, 1.82) is 0 Å². The number of alkyl halides is 7. The van der Waals surface area contributed by atoms with Crippen LogP contribution in [0.2, 0.25) is 0 Å². The predicted molar refractivity (Wildman–Crippen MR) is 89.4 cm³/mol. The Bertz CT molecular complexity index is 536. The molecule has 0 saturated heterocycles. The fourth-order valence-corrected chi connectivity index (χ4v) is 2.56. The SMILES string of the molecule is CCCCCCCCOC(=O)CC(SOO[O-])C(=O)OCC(F)(C(F)(F)F)C(F)(F)F.[Na+]. The van der Waals surface area contributed by atoms with Crippen LogP contribution in [0.25, 0.3) is 0 Å². The third kappa shape index (κ3) is 12.2. The van der Waals surface area contributed by atoms with Gasteiger partial charge < -0.3 is 14.7 Å². The van der Waals surface area contributed by atoms with E-state index in [-0.39, 0.29) is 48.2 Å². The Kier molecular flexibility index (Phi) is 17.3. The van der Waals surface area contributed by atoms with Crippen LogP contribution in [0.5, 0.6) is 0 Å². The molecule has 0 heterocycles. The van der Waals surface area contributed by atoms with E-state index in [0.717, 1.165) is 32.1 Å². The van der Waals surface area contributed by atoms with E-state index in [2.05, 4.69) is 14.1 Å². The van der Waals surface area contributed by atoms with E-state index in [4.69, 9.17) is 4.74 Å². The first-order valence-corrected chi connectivity index (χ1v) is 9.87. The van der Waals surface area contributed by atoms with Gasteiger partial charge in [-0.2, -0.15) is 30.7 Å². The summed E-state index contributed by atoms with van der Waals surface area (Å²) < 4.78 is 101. The topological polar surface area (TPSA) is 94.1 Å². The second kappa shape index (κ2) is 16.3. The fraction of sp³-hybridized carbons (Fsp3) is 0.875. The average molecular weight is 514 g/mol. The van der Waals surface area contributed by atoms with Crippen molar-refractivity contribution in [1.82, 2.24) is 0 Å². The Morgan fingerprint density at radius 2 is 1.44 bits per heavy atom. The standard InChI is InChI=1S/C16H23F7O7S.Na/c1-2-3-4-5-6-7-8-27-12(24)9-11(31-30-29-26)13(25)28-10-14(17,15(18,19)20)16(21,22)23;/h11,26H,2-10H2,1H3;/q;+1/p-1. The molecule has 0 N–H and O–H groups in total. The molecule has 32 heavy (non-hydrogen) atoms. The summed E-state index contributed by atoms with van der Waals surface area (Å²) in [4.78, 5) is 23.5. The van der Waals surface area contributed by atoms with Crippen molar-refractivity contribution in [2.75, 3.05) is 13.2 Å². The van der Waals surface area contributed by atoms with Crippen molar-refractivity contribution in [2.45, 2.75) is 75.1 Å². The molecule has 0 spiro atoms. The average Bonchev–Trinajstić information content (AvgIpc) is 2.66. The van der Waals surface area contributed by atoms with Crippen LogP contribution in [0.4, 0.5) is 30.7 Å². The number of hydrogen-bond donors (Lipinski definition) is 0. The van der Waals surface area contributed by atoms with E-state index in [0.29, 0.717) is 6.42 Å². The van der Waals surface area contributed by atoms with Crippen molar-refractivity contribution in [3.8, 4) is 0 Å². The van der Waals surface area contributed by atoms with Crippen LogP contribution in [0.1, 0.15) is 51.9 Å². The molecular weight excluding hydrogens is 492 g/mol. The number of carbonyl (C=O) groups is 2. The Labute approximate surface area is 206 Å². The summed E-state index contributed by atoms with van der Waals surface area (Å²) >= 11 is -0.219. The van der Waals surface area contributed by atoms with Crippen molar-refractivity contribution in [3.05, 3.63) is 0 Å². The maximum Gasteiger partial charge on any atom is 1.00 e. The van der Waals surface area contributed by atoms with Crippen LogP contribution in [-0.2, 0) is 28.4 Å². The first-order chi connectivity index (χ1) is 14.3. The minimum atomic E-state index is -6.43. The molecule has 7 nitrogen and oxygen atoms in total. The molecule has 0 rings (SSSR count). The number of rotatable bonds is 15. The molecule has 0 aliphatic rings. The van der Waals surface area contributed by atoms with Gasteiger partial charge in [-0.15, -0.1) is 0 Å². The van der Waals surface area contributed by atoms with E-state index < -0.39 is 48.2 Å². The molecule has 16 heteroatoms. The molecular formula is C16H22F7NaO7S. The summed E-state index contributed by atoms with van der Waals surface area (Å²) in [6, 6.07) is 0. The van der Waals surface area contributed by atoms with Gasteiger partial charge in [-0.3, -0.25) is 14.6 Å². The maximum absolute atomic E-state index is 13.5. The van der Waals surface area contributed by atoms with E-state index in [1.807, 2.05) is 6.92 Å². The number of ether oxygens (including phenoxy) is 2. The molecule has 0 saturated carbocycles. The molecule has 184 valence electrons. The second-order valence-electron chi connectivity index (χ2n) is 6.32. The van der Waals surface area contributed by atoms with Crippen LogP contribution < -0.4 is 34.8 Å². The predicted octanol–water partition coefficient (Wildman–Crippen LogP) is 0.901. The molecule has 1 atom stereocenters. The number of unbranched alkanes of at least 4 members (excludes halogenated alkanes) is 5. The van der Waals surface area contributed by atoms with E-state index in [9.17, 15) is 45.6 Å². The molecule has 0 aliphatic heterocycles. The minimum absolute atomic E-state index is 0. The van der Waals surface area contributed by atoms with Gasteiger partial charge in [0.1, 0.15) is 11.9 Å². The number of carbonyl (C=O) groups excluding carboxylic acids is 2. The molecule has 0 aromatic heterocycles. The van der Waals surface area contributed by atoms with Gasteiger partial charge >= 0.3 is 59.5 Å². The zero-order valence-corrected chi connectivity index (χ0v) is 20.2. The normalized spacial score (nSPS) is 13.3. The zero-order valence-electron chi connectivity index (χ0n) is 17.4. The van der Waals surface area contributed by atoms with Crippen LogP contribution >= 0.6 is 12.0 Å². The summed E-state index contributed by atoms with van der Waals surface area (Å²) in [7, 11) is 0. The molecule has 0 aromatic rings. The summed E-state index contributed by atoms with van der Waals surface area (Å²) in [5.74, 6) is -2.95. The van der Waals surface area contributed by atoms with Gasteiger partial charge in [0, 0.05) is 12.0 Å².